The van der Waals surface area contributed by atoms with Crippen molar-refractivity contribution in [1.82, 2.24) is 5.01 Å². The van der Waals surface area contributed by atoms with Crippen molar-refractivity contribution in [2.75, 3.05) is 26.7 Å². The maximum absolute atomic E-state index is 4.03. The molecule has 0 heterocycles. The Kier molecular flexibility index (Phi) is 6.57. The summed E-state index contributed by atoms with van der Waals surface area (Å²) in [5, 5.41) is 13.6. The Hall–Kier alpha value is -0.930. The summed E-state index contributed by atoms with van der Waals surface area (Å²) in [5.41, 5.74) is 0. The van der Waals surface area contributed by atoms with E-state index in [0.29, 0.717) is 0 Å². The largest absolute Gasteiger partial charge is 0.299 e. The zero-order valence-electron chi connectivity index (χ0n) is 7.49. The smallest absolute Gasteiger partial charge is 0.0790 e. The molecule has 0 N–H and O–H groups in total. The monoisotopic (exact) mass is 156 g/mol. The molecular weight excluding hydrogens is 140 g/mol. The fourth-order valence-corrected chi connectivity index (χ4v) is 0.615. The van der Waals surface area contributed by atoms with Crippen LogP contribution in [0.3, 0.4) is 0 Å². The summed E-state index contributed by atoms with van der Waals surface area (Å²) in [6, 6.07) is 0. The van der Waals surface area contributed by atoms with Crippen LogP contribution < -0.4 is 0 Å². The van der Waals surface area contributed by atoms with E-state index in [2.05, 4.69) is 15.3 Å². The first-order valence-corrected chi connectivity index (χ1v) is 3.84. The van der Waals surface area contributed by atoms with Gasteiger partial charge in [0.25, 0.3) is 0 Å². The predicted octanol–water partition coefficient (Wildman–Crippen LogP) is 1.40. The van der Waals surface area contributed by atoms with Gasteiger partial charge >= 0.3 is 0 Å². The molecule has 0 aromatic heterocycles. The number of azo groups is 1. The fourth-order valence-electron chi connectivity index (χ4n) is 0.615. The summed E-state index contributed by atoms with van der Waals surface area (Å²) in [7, 11) is 1.92. The summed E-state index contributed by atoms with van der Waals surface area (Å²) < 4.78 is 0. The Morgan fingerprint density at radius 1 is 1.36 bits per heavy atom. The molecule has 0 fully saturated rings. The minimum absolute atomic E-state index is 0.724. The van der Waals surface area contributed by atoms with Gasteiger partial charge in [-0.2, -0.15) is 15.3 Å². The number of hydrogen-bond acceptors (Lipinski definition) is 4. The Balaban J connectivity index is 3.30. The molecule has 0 saturated carbocycles. The van der Waals surface area contributed by atoms with Gasteiger partial charge in [-0.15, -0.1) is 0 Å². The highest BCUT2D eigenvalue weighted by Crippen LogP contribution is 1.83. The third-order valence-electron chi connectivity index (χ3n) is 1.08. The number of likely N-dealkylation sites (N-methyl/N-ethyl adjacent to an activating group) is 1. The molecule has 64 valence electrons. The van der Waals surface area contributed by atoms with Gasteiger partial charge in [0.05, 0.1) is 19.6 Å². The van der Waals surface area contributed by atoms with E-state index in [1.54, 1.807) is 6.21 Å². The van der Waals surface area contributed by atoms with Gasteiger partial charge in [-0.25, -0.2) is 0 Å². The second-order valence-corrected chi connectivity index (χ2v) is 2.08. The van der Waals surface area contributed by atoms with Crippen molar-refractivity contribution in [2.45, 2.75) is 13.8 Å². The van der Waals surface area contributed by atoms with E-state index < -0.39 is 0 Å². The third-order valence-corrected chi connectivity index (χ3v) is 1.08. The van der Waals surface area contributed by atoms with Gasteiger partial charge in [0, 0.05) is 13.3 Å². The van der Waals surface area contributed by atoms with Crippen molar-refractivity contribution < 1.29 is 0 Å². The SMILES string of the molecule is C/C=N/N(C)CCN=NCC. The summed E-state index contributed by atoms with van der Waals surface area (Å²) in [5.74, 6) is 0. The van der Waals surface area contributed by atoms with Gasteiger partial charge in [0.2, 0.25) is 0 Å². The first-order valence-electron chi connectivity index (χ1n) is 3.84. The standard InChI is InChI=1S/C7H16N4/c1-4-8-9-6-7-11(3)10-5-2/h5H,4,6-7H2,1-3H3/b9-8?,10-5+. The summed E-state index contributed by atoms with van der Waals surface area (Å²) in [6.07, 6.45) is 1.76. The summed E-state index contributed by atoms with van der Waals surface area (Å²) in [4.78, 5) is 0. The average molecular weight is 156 g/mol. The molecule has 0 bridgehead atoms. The lowest BCUT2D eigenvalue weighted by atomic mass is 10.6. The van der Waals surface area contributed by atoms with Gasteiger partial charge in [0.15, 0.2) is 0 Å². The molecule has 4 heteroatoms. The van der Waals surface area contributed by atoms with Gasteiger partial charge in [0.1, 0.15) is 0 Å². The van der Waals surface area contributed by atoms with Crippen molar-refractivity contribution in [3.8, 4) is 0 Å². The molecule has 0 unspecified atom stereocenters. The first kappa shape index (κ1) is 10.1. The van der Waals surface area contributed by atoms with Gasteiger partial charge in [-0.3, -0.25) is 5.01 Å². The number of hydrazone groups is 1. The van der Waals surface area contributed by atoms with E-state index >= 15 is 0 Å². The first-order chi connectivity index (χ1) is 5.31. The van der Waals surface area contributed by atoms with Crippen LogP contribution in [0.25, 0.3) is 0 Å². The summed E-state index contributed by atoms with van der Waals surface area (Å²) in [6.45, 7) is 6.18. The zero-order valence-corrected chi connectivity index (χ0v) is 7.49. The zero-order chi connectivity index (χ0) is 8.53. The van der Waals surface area contributed by atoms with Crippen LogP contribution in [0, 0.1) is 0 Å². The lowest BCUT2D eigenvalue weighted by Crippen LogP contribution is -2.14. The van der Waals surface area contributed by atoms with Crippen molar-refractivity contribution in [3.63, 3.8) is 0 Å². The van der Waals surface area contributed by atoms with E-state index in [-0.39, 0.29) is 0 Å². The topological polar surface area (TPSA) is 40.3 Å². The van der Waals surface area contributed by atoms with Crippen LogP contribution in [0.15, 0.2) is 15.3 Å². The van der Waals surface area contributed by atoms with Crippen LogP contribution in [0.1, 0.15) is 13.8 Å². The molecule has 0 aliphatic heterocycles. The normalized spacial score (nSPS) is 11.5. The molecule has 0 spiro atoms. The molecule has 0 aromatic rings. The molecule has 0 amide bonds. The predicted molar refractivity (Wildman–Crippen MR) is 47.1 cm³/mol. The van der Waals surface area contributed by atoms with Crippen LogP contribution in [-0.2, 0) is 0 Å². The van der Waals surface area contributed by atoms with Gasteiger partial charge < -0.3 is 0 Å². The van der Waals surface area contributed by atoms with E-state index in [4.69, 9.17) is 0 Å². The number of hydrogen-bond donors (Lipinski definition) is 0. The Bertz CT molecular complexity index is 130. The Labute approximate surface area is 68.0 Å². The van der Waals surface area contributed by atoms with Crippen molar-refractivity contribution in [1.29, 1.82) is 0 Å². The molecule has 0 atom stereocenters. The Morgan fingerprint density at radius 3 is 2.64 bits per heavy atom. The second kappa shape index (κ2) is 7.18. The fraction of sp³-hybridized carbons (Fsp3) is 0.857. The van der Waals surface area contributed by atoms with Crippen LogP contribution in [0.2, 0.25) is 0 Å². The lowest BCUT2D eigenvalue weighted by molar-refractivity contribution is 0.364. The molecule has 0 saturated heterocycles. The lowest BCUT2D eigenvalue weighted by Gasteiger charge is -2.08. The highest BCUT2D eigenvalue weighted by atomic mass is 15.4. The van der Waals surface area contributed by atoms with Crippen LogP contribution in [0.5, 0.6) is 0 Å². The minimum atomic E-state index is 0.724. The maximum atomic E-state index is 4.03. The van der Waals surface area contributed by atoms with Gasteiger partial charge in [-0.05, 0) is 13.8 Å². The molecule has 0 rings (SSSR count). The number of nitrogens with zero attached hydrogens (tertiary/aromatic N) is 4. The van der Waals surface area contributed by atoms with Gasteiger partial charge in [-0.1, -0.05) is 0 Å². The van der Waals surface area contributed by atoms with E-state index in [9.17, 15) is 0 Å². The van der Waals surface area contributed by atoms with Crippen molar-refractivity contribution >= 4 is 6.21 Å². The summed E-state index contributed by atoms with van der Waals surface area (Å²) >= 11 is 0. The maximum Gasteiger partial charge on any atom is 0.0790 e. The second-order valence-electron chi connectivity index (χ2n) is 2.08. The van der Waals surface area contributed by atoms with Crippen LogP contribution >= 0.6 is 0 Å². The van der Waals surface area contributed by atoms with Crippen molar-refractivity contribution in [2.24, 2.45) is 15.3 Å². The molecular formula is C7H16N4. The van der Waals surface area contributed by atoms with Crippen molar-refractivity contribution in [3.05, 3.63) is 0 Å². The highest BCUT2D eigenvalue weighted by molar-refractivity contribution is 5.52. The molecule has 0 radical (unpaired) electrons. The molecule has 0 aromatic carbocycles. The van der Waals surface area contributed by atoms with Crippen LogP contribution in [0.4, 0.5) is 0 Å². The molecule has 11 heavy (non-hydrogen) atoms. The van der Waals surface area contributed by atoms with E-state index in [0.717, 1.165) is 19.6 Å². The molecule has 0 aliphatic rings. The molecule has 4 nitrogen and oxygen atoms in total. The molecule has 0 aliphatic carbocycles. The highest BCUT2D eigenvalue weighted by Gasteiger charge is 1.87. The quantitative estimate of drug-likeness (QED) is 0.337. The third kappa shape index (κ3) is 6.96. The Morgan fingerprint density at radius 2 is 2.09 bits per heavy atom. The minimum Gasteiger partial charge on any atom is -0.299 e. The number of rotatable bonds is 5. The average Bonchev–Trinajstić information content (AvgIpc) is 1.99. The van der Waals surface area contributed by atoms with E-state index in [1.807, 2.05) is 25.9 Å². The van der Waals surface area contributed by atoms with Crippen LogP contribution in [-0.4, -0.2) is 37.9 Å². The van der Waals surface area contributed by atoms with E-state index in [1.165, 1.54) is 0 Å².